The molecule has 210 valence electrons. The predicted molar refractivity (Wildman–Crippen MR) is 182 cm³/mol. The van der Waals surface area contributed by atoms with Crippen molar-refractivity contribution in [2.24, 2.45) is 0 Å². The minimum atomic E-state index is 0.563. The second kappa shape index (κ2) is 10.2. The van der Waals surface area contributed by atoms with Crippen LogP contribution in [-0.4, -0.2) is 19.9 Å². The summed E-state index contributed by atoms with van der Waals surface area (Å²) in [7, 11) is 0. The highest BCUT2D eigenvalue weighted by Gasteiger charge is 2.20. The number of furan rings is 1. The van der Waals surface area contributed by atoms with Gasteiger partial charge < -0.3 is 4.42 Å². The Morgan fingerprint density at radius 2 is 1.02 bits per heavy atom. The van der Waals surface area contributed by atoms with Gasteiger partial charge in [-0.15, -0.1) is 0 Å². The zero-order chi connectivity index (χ0) is 29.7. The molecule has 0 radical (unpaired) electrons. The van der Waals surface area contributed by atoms with E-state index in [2.05, 4.69) is 84.9 Å². The molecule has 5 heteroatoms. The van der Waals surface area contributed by atoms with E-state index in [0.29, 0.717) is 17.5 Å². The standard InChI is InChI=1S/C40H24N4O/c1-2-11-27(12-3-1)38-42-39(31-19-17-26-10-5-7-14-29(26)22-31)44-40(43-38)33-23-32(30-18-16-25-9-4-6-13-28(25)21-30)24-35-36(33)37-34(45-35)15-8-20-41-37/h1-24H. The first-order valence-corrected chi connectivity index (χ1v) is 14.9. The van der Waals surface area contributed by atoms with Crippen LogP contribution in [0.3, 0.4) is 0 Å². The number of hydrogen-bond donors (Lipinski definition) is 0. The number of nitrogens with zero attached hydrogens (tertiary/aromatic N) is 4. The van der Waals surface area contributed by atoms with Crippen LogP contribution in [0.1, 0.15) is 0 Å². The Hall–Kier alpha value is -6.20. The third kappa shape index (κ3) is 4.41. The Bertz CT molecular complexity index is 2550. The van der Waals surface area contributed by atoms with Crippen molar-refractivity contribution in [1.29, 1.82) is 0 Å². The van der Waals surface area contributed by atoms with Crippen molar-refractivity contribution in [3.05, 3.63) is 146 Å². The third-order valence-corrected chi connectivity index (χ3v) is 8.33. The van der Waals surface area contributed by atoms with E-state index in [1.54, 1.807) is 6.20 Å². The molecule has 0 spiro atoms. The van der Waals surface area contributed by atoms with Crippen molar-refractivity contribution in [2.45, 2.75) is 0 Å². The van der Waals surface area contributed by atoms with Gasteiger partial charge in [0, 0.05) is 22.9 Å². The maximum atomic E-state index is 6.41. The van der Waals surface area contributed by atoms with E-state index in [0.717, 1.165) is 55.3 Å². The molecule has 0 aliphatic rings. The zero-order valence-corrected chi connectivity index (χ0v) is 24.1. The average molecular weight is 577 g/mol. The van der Waals surface area contributed by atoms with E-state index in [-0.39, 0.29) is 0 Å². The molecule has 9 rings (SSSR count). The number of pyridine rings is 1. The lowest BCUT2D eigenvalue weighted by Gasteiger charge is -2.11. The lowest BCUT2D eigenvalue weighted by atomic mass is 9.97. The van der Waals surface area contributed by atoms with Gasteiger partial charge in [-0.25, -0.2) is 15.0 Å². The van der Waals surface area contributed by atoms with Crippen LogP contribution >= 0.6 is 0 Å². The van der Waals surface area contributed by atoms with Crippen LogP contribution in [0.2, 0.25) is 0 Å². The fourth-order valence-corrected chi connectivity index (χ4v) is 6.10. The van der Waals surface area contributed by atoms with E-state index < -0.39 is 0 Å². The van der Waals surface area contributed by atoms with Gasteiger partial charge in [0.2, 0.25) is 0 Å². The van der Waals surface area contributed by atoms with Crippen LogP contribution in [0.15, 0.2) is 150 Å². The average Bonchev–Trinajstić information content (AvgIpc) is 3.49. The number of aromatic nitrogens is 4. The smallest absolute Gasteiger partial charge is 0.164 e. The lowest BCUT2D eigenvalue weighted by molar-refractivity contribution is 0.668. The molecule has 0 atom stereocenters. The number of hydrogen-bond acceptors (Lipinski definition) is 5. The SMILES string of the molecule is c1ccc(-c2nc(-c3ccc4ccccc4c3)nc(-c3cc(-c4ccc5ccccc5c4)cc4oc5cccnc5c34)n2)cc1. The first kappa shape index (κ1) is 25.3. The van der Waals surface area contributed by atoms with Crippen molar-refractivity contribution in [1.82, 2.24) is 19.9 Å². The van der Waals surface area contributed by atoms with Crippen LogP contribution < -0.4 is 0 Å². The molecule has 3 aromatic heterocycles. The fourth-order valence-electron chi connectivity index (χ4n) is 6.10. The summed E-state index contributed by atoms with van der Waals surface area (Å²) in [4.78, 5) is 19.9. The largest absolute Gasteiger partial charge is 0.454 e. The van der Waals surface area contributed by atoms with E-state index in [9.17, 15) is 0 Å². The lowest BCUT2D eigenvalue weighted by Crippen LogP contribution is -2.01. The first-order valence-electron chi connectivity index (χ1n) is 14.9. The second-order valence-corrected chi connectivity index (χ2v) is 11.1. The van der Waals surface area contributed by atoms with Gasteiger partial charge >= 0.3 is 0 Å². The molecular formula is C40H24N4O. The monoisotopic (exact) mass is 576 g/mol. The molecule has 0 saturated heterocycles. The minimum absolute atomic E-state index is 0.563. The molecule has 0 unspecified atom stereocenters. The molecule has 0 bridgehead atoms. The molecule has 3 heterocycles. The van der Waals surface area contributed by atoms with E-state index in [4.69, 9.17) is 24.4 Å². The quantitative estimate of drug-likeness (QED) is 0.209. The summed E-state index contributed by atoms with van der Waals surface area (Å²) >= 11 is 0. The third-order valence-electron chi connectivity index (χ3n) is 8.33. The number of rotatable bonds is 4. The summed E-state index contributed by atoms with van der Waals surface area (Å²) in [6.45, 7) is 0. The van der Waals surface area contributed by atoms with Gasteiger partial charge in [-0.2, -0.15) is 0 Å². The van der Waals surface area contributed by atoms with Crippen molar-refractivity contribution in [3.8, 4) is 45.3 Å². The van der Waals surface area contributed by atoms with Crippen LogP contribution in [0.4, 0.5) is 0 Å². The second-order valence-electron chi connectivity index (χ2n) is 11.1. The number of fused-ring (bicyclic) bond motifs is 5. The highest BCUT2D eigenvalue weighted by molar-refractivity contribution is 6.11. The Labute approximate surface area is 258 Å². The van der Waals surface area contributed by atoms with Crippen LogP contribution in [0, 0.1) is 0 Å². The molecular weight excluding hydrogens is 552 g/mol. The van der Waals surface area contributed by atoms with Gasteiger partial charge in [-0.3, -0.25) is 4.98 Å². The van der Waals surface area contributed by atoms with Gasteiger partial charge in [0.05, 0.1) is 5.39 Å². The maximum Gasteiger partial charge on any atom is 0.164 e. The maximum absolute atomic E-state index is 6.41. The summed E-state index contributed by atoms with van der Waals surface area (Å²) in [5.41, 5.74) is 7.01. The molecule has 0 aliphatic heterocycles. The molecule has 0 amide bonds. The molecule has 0 saturated carbocycles. The Morgan fingerprint density at radius 1 is 0.400 bits per heavy atom. The van der Waals surface area contributed by atoms with Gasteiger partial charge in [-0.05, 0) is 69.1 Å². The summed E-state index contributed by atoms with van der Waals surface area (Å²) in [6, 6.07) is 47.7. The predicted octanol–water partition coefficient (Wildman–Crippen LogP) is 10.1. The zero-order valence-electron chi connectivity index (χ0n) is 24.1. The Morgan fingerprint density at radius 3 is 1.78 bits per heavy atom. The summed E-state index contributed by atoms with van der Waals surface area (Å²) in [6.07, 6.45) is 1.79. The van der Waals surface area contributed by atoms with Gasteiger partial charge in [0.15, 0.2) is 23.1 Å². The van der Waals surface area contributed by atoms with E-state index >= 15 is 0 Å². The first-order chi connectivity index (χ1) is 22.3. The van der Waals surface area contributed by atoms with Crippen molar-refractivity contribution >= 4 is 43.6 Å². The minimum Gasteiger partial charge on any atom is -0.454 e. The summed E-state index contributed by atoms with van der Waals surface area (Å²) in [5, 5.41) is 5.54. The summed E-state index contributed by atoms with van der Waals surface area (Å²) in [5.74, 6) is 1.77. The molecule has 0 aliphatic carbocycles. The Balaban J connectivity index is 1.33. The van der Waals surface area contributed by atoms with Crippen molar-refractivity contribution in [2.75, 3.05) is 0 Å². The van der Waals surface area contributed by atoms with Crippen molar-refractivity contribution < 1.29 is 4.42 Å². The highest BCUT2D eigenvalue weighted by atomic mass is 16.3. The van der Waals surface area contributed by atoms with Gasteiger partial charge in [0.25, 0.3) is 0 Å². The molecule has 0 fully saturated rings. The van der Waals surface area contributed by atoms with Crippen LogP contribution in [-0.2, 0) is 0 Å². The number of benzene rings is 6. The van der Waals surface area contributed by atoms with Gasteiger partial charge in [0.1, 0.15) is 11.1 Å². The summed E-state index contributed by atoms with van der Waals surface area (Å²) < 4.78 is 6.41. The van der Waals surface area contributed by atoms with Crippen LogP contribution in [0.5, 0.6) is 0 Å². The van der Waals surface area contributed by atoms with Gasteiger partial charge in [-0.1, -0.05) is 103 Å². The highest BCUT2D eigenvalue weighted by Crippen LogP contribution is 2.39. The Kier molecular flexibility index (Phi) is 5.74. The van der Waals surface area contributed by atoms with E-state index in [1.807, 2.05) is 54.6 Å². The van der Waals surface area contributed by atoms with Crippen LogP contribution in [0.25, 0.3) is 88.9 Å². The molecule has 0 N–H and O–H groups in total. The normalized spacial score (nSPS) is 11.6. The molecule has 6 aromatic carbocycles. The molecule has 9 aromatic rings. The molecule has 45 heavy (non-hydrogen) atoms. The van der Waals surface area contributed by atoms with E-state index in [1.165, 1.54) is 16.2 Å². The topological polar surface area (TPSA) is 64.7 Å². The molecule has 5 nitrogen and oxygen atoms in total. The fraction of sp³-hybridized carbons (Fsp3) is 0. The van der Waals surface area contributed by atoms with Crippen molar-refractivity contribution in [3.63, 3.8) is 0 Å².